The van der Waals surface area contributed by atoms with Gasteiger partial charge >= 0.3 is 0 Å². The van der Waals surface area contributed by atoms with E-state index in [0.717, 1.165) is 0 Å². The summed E-state index contributed by atoms with van der Waals surface area (Å²) < 4.78 is 0. The highest BCUT2D eigenvalue weighted by molar-refractivity contribution is 7.10. The number of hydrogen-bond donors (Lipinski definition) is 0. The molecular weight excluding hydrogens is 250 g/mol. The molecule has 1 fully saturated rings. The molecule has 100 valence electrons. The zero-order valence-corrected chi connectivity index (χ0v) is 12.3. The quantitative estimate of drug-likeness (QED) is 0.756. The summed E-state index contributed by atoms with van der Waals surface area (Å²) in [4.78, 5) is 4.22. The van der Waals surface area contributed by atoms with Crippen LogP contribution in [0.5, 0.6) is 0 Å². The van der Waals surface area contributed by atoms with Gasteiger partial charge in [-0.05, 0) is 43.3 Å². The van der Waals surface area contributed by atoms with Gasteiger partial charge in [-0.25, -0.2) is 0 Å². The molecule has 19 heavy (non-hydrogen) atoms. The van der Waals surface area contributed by atoms with Crippen molar-refractivity contribution in [2.45, 2.75) is 38.3 Å². The normalized spacial score (nSPS) is 22.3. The first-order chi connectivity index (χ1) is 9.36. The summed E-state index contributed by atoms with van der Waals surface area (Å²) in [5.74, 6) is 0. The molecule has 0 aliphatic carbocycles. The van der Waals surface area contributed by atoms with Crippen molar-refractivity contribution in [3.63, 3.8) is 0 Å². The van der Waals surface area contributed by atoms with Crippen LogP contribution in [0.4, 0.5) is 0 Å². The molecule has 0 radical (unpaired) electrons. The van der Waals surface area contributed by atoms with E-state index >= 15 is 0 Å². The van der Waals surface area contributed by atoms with Crippen LogP contribution in [0.15, 0.2) is 47.8 Å². The van der Waals surface area contributed by atoms with E-state index in [9.17, 15) is 0 Å². The van der Waals surface area contributed by atoms with Crippen LogP contribution in [0, 0.1) is 0 Å². The second-order valence-corrected chi connectivity index (χ2v) is 6.33. The summed E-state index contributed by atoms with van der Waals surface area (Å²) in [5.41, 5.74) is 1.44. The van der Waals surface area contributed by atoms with Crippen molar-refractivity contribution < 1.29 is 0 Å². The Morgan fingerprint density at radius 3 is 2.68 bits per heavy atom. The first kappa shape index (κ1) is 12.9. The van der Waals surface area contributed by atoms with Crippen molar-refractivity contribution >= 4 is 11.3 Å². The lowest BCUT2D eigenvalue weighted by molar-refractivity contribution is 0.105. The molecule has 3 rings (SSSR count). The maximum atomic E-state index is 2.69. The Kier molecular flexibility index (Phi) is 4.00. The standard InChI is InChI=1S/C17H21NS/c1-14(15-8-3-2-4-9-15)18-12-6-5-10-16(18)17-11-7-13-19-17/h2-4,7-9,11,13-14,16H,5-6,10,12H2,1H3/t14-,16+/m1/s1. The molecule has 2 heterocycles. The molecule has 0 bridgehead atoms. The largest absolute Gasteiger partial charge is 0.289 e. The van der Waals surface area contributed by atoms with Gasteiger partial charge in [0.15, 0.2) is 0 Å². The minimum Gasteiger partial charge on any atom is -0.289 e. The Balaban J connectivity index is 1.84. The predicted octanol–water partition coefficient (Wildman–Crippen LogP) is 5.04. The fourth-order valence-corrected chi connectivity index (χ4v) is 4.01. The number of hydrogen-bond acceptors (Lipinski definition) is 2. The Bertz CT molecular complexity index is 491. The highest BCUT2D eigenvalue weighted by Gasteiger charge is 2.28. The average molecular weight is 271 g/mol. The van der Waals surface area contributed by atoms with Crippen molar-refractivity contribution in [2.75, 3.05) is 6.54 Å². The van der Waals surface area contributed by atoms with Gasteiger partial charge in [-0.2, -0.15) is 0 Å². The van der Waals surface area contributed by atoms with E-state index in [-0.39, 0.29) is 0 Å². The molecule has 0 spiro atoms. The number of rotatable bonds is 3. The van der Waals surface area contributed by atoms with Gasteiger partial charge < -0.3 is 0 Å². The molecule has 1 aromatic heterocycles. The fourth-order valence-electron chi connectivity index (χ4n) is 3.13. The average Bonchev–Trinajstić information content (AvgIpc) is 3.01. The topological polar surface area (TPSA) is 3.24 Å². The van der Waals surface area contributed by atoms with Crippen molar-refractivity contribution in [2.24, 2.45) is 0 Å². The molecule has 0 saturated carbocycles. The lowest BCUT2D eigenvalue weighted by Crippen LogP contribution is -2.35. The Labute approximate surface area is 119 Å². The van der Waals surface area contributed by atoms with E-state index in [1.165, 1.54) is 36.2 Å². The third-order valence-electron chi connectivity index (χ3n) is 4.20. The van der Waals surface area contributed by atoms with Gasteiger partial charge in [0.1, 0.15) is 0 Å². The lowest BCUT2D eigenvalue weighted by atomic mass is 9.96. The van der Waals surface area contributed by atoms with Gasteiger partial charge in [0.05, 0.1) is 0 Å². The van der Waals surface area contributed by atoms with E-state index in [1.54, 1.807) is 0 Å². The van der Waals surface area contributed by atoms with Crippen LogP contribution in [0.3, 0.4) is 0 Å². The Morgan fingerprint density at radius 1 is 1.11 bits per heavy atom. The third-order valence-corrected chi connectivity index (χ3v) is 5.17. The number of likely N-dealkylation sites (tertiary alicyclic amines) is 1. The maximum absolute atomic E-state index is 2.69. The highest BCUT2D eigenvalue weighted by Crippen LogP contribution is 2.38. The Hall–Kier alpha value is -1.12. The van der Waals surface area contributed by atoms with Gasteiger partial charge in [0.2, 0.25) is 0 Å². The molecule has 1 saturated heterocycles. The molecule has 1 aliphatic heterocycles. The number of thiophene rings is 1. The molecule has 0 unspecified atom stereocenters. The number of piperidine rings is 1. The molecule has 0 N–H and O–H groups in total. The van der Waals surface area contributed by atoms with Gasteiger partial charge in [0, 0.05) is 17.0 Å². The minimum absolute atomic E-state index is 0.508. The second-order valence-electron chi connectivity index (χ2n) is 5.35. The van der Waals surface area contributed by atoms with Crippen LogP contribution < -0.4 is 0 Å². The van der Waals surface area contributed by atoms with Crippen LogP contribution in [0.1, 0.15) is 48.7 Å². The van der Waals surface area contributed by atoms with Crippen molar-refractivity contribution in [1.29, 1.82) is 0 Å². The van der Waals surface area contributed by atoms with E-state index in [2.05, 4.69) is 59.7 Å². The summed E-state index contributed by atoms with van der Waals surface area (Å²) in [5, 5.41) is 2.20. The van der Waals surface area contributed by atoms with Crippen molar-refractivity contribution in [3.05, 3.63) is 58.3 Å². The van der Waals surface area contributed by atoms with Crippen LogP contribution in [-0.4, -0.2) is 11.4 Å². The molecule has 1 nitrogen and oxygen atoms in total. The van der Waals surface area contributed by atoms with E-state index in [4.69, 9.17) is 0 Å². The maximum Gasteiger partial charge on any atom is 0.0447 e. The molecule has 2 aromatic rings. The van der Waals surface area contributed by atoms with Gasteiger partial charge in [-0.1, -0.05) is 42.8 Å². The van der Waals surface area contributed by atoms with Crippen LogP contribution in [0.2, 0.25) is 0 Å². The second kappa shape index (κ2) is 5.89. The van der Waals surface area contributed by atoms with E-state index in [0.29, 0.717) is 12.1 Å². The highest BCUT2D eigenvalue weighted by atomic mass is 32.1. The summed E-state index contributed by atoms with van der Waals surface area (Å²) in [6.45, 7) is 3.57. The lowest BCUT2D eigenvalue weighted by Gasteiger charge is -2.39. The molecule has 2 heteroatoms. The molecule has 1 aromatic carbocycles. The first-order valence-corrected chi connectivity index (χ1v) is 8.08. The SMILES string of the molecule is C[C@H](c1ccccc1)N1CCCC[C@H]1c1cccs1. The predicted molar refractivity (Wildman–Crippen MR) is 82.5 cm³/mol. The summed E-state index contributed by atoms with van der Waals surface area (Å²) >= 11 is 1.90. The van der Waals surface area contributed by atoms with E-state index in [1.807, 2.05) is 11.3 Å². The van der Waals surface area contributed by atoms with Crippen LogP contribution in [-0.2, 0) is 0 Å². The van der Waals surface area contributed by atoms with Gasteiger partial charge in [0.25, 0.3) is 0 Å². The van der Waals surface area contributed by atoms with Crippen molar-refractivity contribution in [1.82, 2.24) is 4.90 Å². The Morgan fingerprint density at radius 2 is 1.95 bits per heavy atom. The zero-order chi connectivity index (χ0) is 13.1. The minimum atomic E-state index is 0.508. The van der Waals surface area contributed by atoms with Gasteiger partial charge in [-0.15, -0.1) is 11.3 Å². The summed E-state index contributed by atoms with van der Waals surface area (Å²) in [6.07, 6.45) is 4.00. The summed E-state index contributed by atoms with van der Waals surface area (Å²) in [7, 11) is 0. The molecule has 1 aliphatic rings. The third kappa shape index (κ3) is 2.75. The van der Waals surface area contributed by atoms with E-state index < -0.39 is 0 Å². The summed E-state index contributed by atoms with van der Waals surface area (Å²) in [6, 6.07) is 16.5. The van der Waals surface area contributed by atoms with Gasteiger partial charge in [-0.3, -0.25) is 4.90 Å². The smallest absolute Gasteiger partial charge is 0.0447 e. The molecular formula is C17H21NS. The van der Waals surface area contributed by atoms with Crippen LogP contribution in [0.25, 0.3) is 0 Å². The zero-order valence-electron chi connectivity index (χ0n) is 11.5. The van der Waals surface area contributed by atoms with Crippen LogP contribution >= 0.6 is 11.3 Å². The number of nitrogens with zero attached hydrogens (tertiary/aromatic N) is 1. The molecule has 0 amide bonds. The monoisotopic (exact) mass is 271 g/mol. The van der Waals surface area contributed by atoms with Crippen molar-refractivity contribution in [3.8, 4) is 0 Å². The molecule has 2 atom stereocenters. The number of benzene rings is 1. The first-order valence-electron chi connectivity index (χ1n) is 7.20. The fraction of sp³-hybridized carbons (Fsp3) is 0.412.